The first-order chi connectivity index (χ1) is 11.9. The maximum absolute atomic E-state index is 12.4. The highest BCUT2D eigenvalue weighted by atomic mass is 16.5. The average Bonchev–Trinajstić information content (AvgIpc) is 2.82. The fourth-order valence-corrected chi connectivity index (χ4v) is 2.60. The zero-order valence-electron chi connectivity index (χ0n) is 14.4. The summed E-state index contributed by atoms with van der Waals surface area (Å²) in [7, 11) is 0. The molecule has 1 aromatic rings. The van der Waals surface area contributed by atoms with E-state index in [1.165, 1.54) is 0 Å². The summed E-state index contributed by atoms with van der Waals surface area (Å²) in [6, 6.07) is 8.05. The molecule has 132 valence electrons. The molecule has 1 N–H and O–H groups in total. The average molecular weight is 343 g/mol. The number of rotatable bonds is 7. The lowest BCUT2D eigenvalue weighted by molar-refractivity contribution is -0.148. The molecule has 1 heterocycles. The van der Waals surface area contributed by atoms with Gasteiger partial charge in [-0.05, 0) is 31.0 Å². The number of esters is 1. The maximum atomic E-state index is 12.4. The van der Waals surface area contributed by atoms with Crippen LogP contribution in [0, 0.1) is 11.3 Å². The third-order valence-corrected chi connectivity index (χ3v) is 4.15. The van der Waals surface area contributed by atoms with Crippen LogP contribution in [0.15, 0.2) is 24.3 Å². The first-order valence-electron chi connectivity index (χ1n) is 8.18. The van der Waals surface area contributed by atoms with Gasteiger partial charge in [0.25, 0.3) is 5.91 Å². The number of benzene rings is 1. The van der Waals surface area contributed by atoms with Crippen molar-refractivity contribution in [3.05, 3.63) is 35.4 Å². The zero-order valence-corrected chi connectivity index (χ0v) is 14.4. The highest BCUT2D eigenvalue weighted by Crippen LogP contribution is 2.23. The molecule has 1 aromatic carbocycles. The Hall–Kier alpha value is -2.88. The topological polar surface area (TPSA) is 99.5 Å². The van der Waals surface area contributed by atoms with E-state index in [0.717, 1.165) is 23.3 Å². The minimum absolute atomic E-state index is 0.0152. The lowest BCUT2D eigenvalue weighted by atomic mass is 9.95. The highest BCUT2D eigenvalue weighted by Gasteiger charge is 2.47. The summed E-state index contributed by atoms with van der Waals surface area (Å²) < 4.78 is 5.11. The maximum Gasteiger partial charge on any atom is 0.326 e. The van der Waals surface area contributed by atoms with Crippen molar-refractivity contribution in [1.82, 2.24) is 10.2 Å². The summed E-state index contributed by atoms with van der Waals surface area (Å²) >= 11 is 0. The van der Waals surface area contributed by atoms with Gasteiger partial charge in [-0.15, -0.1) is 0 Å². The van der Waals surface area contributed by atoms with Gasteiger partial charge in [-0.25, -0.2) is 4.79 Å². The van der Waals surface area contributed by atoms with E-state index in [9.17, 15) is 14.4 Å². The second-order valence-electron chi connectivity index (χ2n) is 6.23. The number of unbranched alkanes of at least 4 members (excludes halogenated alkanes) is 1. The highest BCUT2D eigenvalue weighted by molar-refractivity contribution is 6.08. The Balaban J connectivity index is 1.90. The monoisotopic (exact) mass is 343 g/mol. The lowest BCUT2D eigenvalue weighted by Gasteiger charge is -2.21. The SMILES string of the molecule is CCCC[C@]1(C)NC(=O)N(CC(=O)OCc2ccc(C#N)cc2)C1=O. The number of imide groups is 1. The van der Waals surface area contributed by atoms with Crippen LogP contribution in [0.1, 0.15) is 44.2 Å². The number of amides is 3. The Bertz CT molecular complexity index is 708. The second-order valence-corrected chi connectivity index (χ2v) is 6.23. The number of carbonyl (C=O) groups is 3. The van der Waals surface area contributed by atoms with Crippen molar-refractivity contribution in [3.63, 3.8) is 0 Å². The van der Waals surface area contributed by atoms with Crippen molar-refractivity contribution in [2.45, 2.75) is 45.3 Å². The number of hydrogen-bond donors (Lipinski definition) is 1. The third kappa shape index (κ3) is 4.35. The predicted molar refractivity (Wildman–Crippen MR) is 89.1 cm³/mol. The van der Waals surface area contributed by atoms with E-state index in [2.05, 4.69) is 5.32 Å². The van der Waals surface area contributed by atoms with Crippen LogP contribution in [0.3, 0.4) is 0 Å². The van der Waals surface area contributed by atoms with Crippen molar-refractivity contribution < 1.29 is 19.1 Å². The molecule has 1 aliphatic rings. The minimum Gasteiger partial charge on any atom is -0.459 e. The Morgan fingerprint density at radius 3 is 2.60 bits per heavy atom. The van der Waals surface area contributed by atoms with E-state index in [-0.39, 0.29) is 6.61 Å². The van der Waals surface area contributed by atoms with Crippen molar-refractivity contribution in [2.24, 2.45) is 0 Å². The van der Waals surface area contributed by atoms with Gasteiger partial charge in [0.2, 0.25) is 0 Å². The molecule has 7 heteroatoms. The van der Waals surface area contributed by atoms with Crippen LogP contribution in [-0.4, -0.2) is 34.9 Å². The summed E-state index contributed by atoms with van der Waals surface area (Å²) in [4.78, 5) is 37.3. The van der Waals surface area contributed by atoms with Crippen LogP contribution in [0.5, 0.6) is 0 Å². The van der Waals surface area contributed by atoms with Crippen LogP contribution >= 0.6 is 0 Å². The largest absolute Gasteiger partial charge is 0.459 e. The summed E-state index contributed by atoms with van der Waals surface area (Å²) in [6.45, 7) is 3.28. The van der Waals surface area contributed by atoms with E-state index in [1.54, 1.807) is 31.2 Å². The number of ether oxygens (including phenoxy) is 1. The van der Waals surface area contributed by atoms with E-state index in [0.29, 0.717) is 12.0 Å². The van der Waals surface area contributed by atoms with Crippen molar-refractivity contribution in [3.8, 4) is 6.07 Å². The van der Waals surface area contributed by atoms with Gasteiger partial charge in [0, 0.05) is 0 Å². The van der Waals surface area contributed by atoms with Gasteiger partial charge in [0.1, 0.15) is 18.7 Å². The van der Waals surface area contributed by atoms with Gasteiger partial charge in [-0.3, -0.25) is 14.5 Å². The first-order valence-corrected chi connectivity index (χ1v) is 8.18. The molecule has 0 aliphatic carbocycles. The molecule has 0 radical (unpaired) electrons. The summed E-state index contributed by atoms with van der Waals surface area (Å²) in [6.07, 6.45) is 2.25. The lowest BCUT2D eigenvalue weighted by Crippen LogP contribution is -2.44. The molecule has 0 saturated carbocycles. The van der Waals surface area contributed by atoms with Gasteiger partial charge >= 0.3 is 12.0 Å². The molecule has 0 aromatic heterocycles. The van der Waals surface area contributed by atoms with Crippen LogP contribution in [0.25, 0.3) is 0 Å². The van der Waals surface area contributed by atoms with Crippen LogP contribution in [0.2, 0.25) is 0 Å². The van der Waals surface area contributed by atoms with E-state index >= 15 is 0 Å². The Kier molecular flexibility index (Phi) is 5.75. The molecule has 0 bridgehead atoms. The number of nitriles is 1. The minimum atomic E-state index is -0.958. The first kappa shape index (κ1) is 18.5. The quantitative estimate of drug-likeness (QED) is 0.604. The molecular formula is C18H21N3O4. The molecule has 1 aliphatic heterocycles. The fourth-order valence-electron chi connectivity index (χ4n) is 2.60. The molecule has 1 fully saturated rings. The fraction of sp³-hybridized carbons (Fsp3) is 0.444. The van der Waals surface area contributed by atoms with Crippen LogP contribution in [0.4, 0.5) is 4.79 Å². The Morgan fingerprint density at radius 1 is 1.32 bits per heavy atom. The summed E-state index contributed by atoms with van der Waals surface area (Å²) in [5, 5.41) is 11.4. The number of nitrogens with zero attached hydrogens (tertiary/aromatic N) is 2. The van der Waals surface area contributed by atoms with Gasteiger partial charge in [0.15, 0.2) is 0 Å². The predicted octanol–water partition coefficient (Wildman–Crippen LogP) is 2.10. The van der Waals surface area contributed by atoms with Gasteiger partial charge in [-0.2, -0.15) is 5.26 Å². The zero-order chi connectivity index (χ0) is 18.4. The molecule has 2 rings (SSSR count). The van der Waals surface area contributed by atoms with Crippen molar-refractivity contribution in [2.75, 3.05) is 6.54 Å². The van der Waals surface area contributed by atoms with Gasteiger partial charge in [0.05, 0.1) is 11.6 Å². The number of carbonyl (C=O) groups excluding carboxylic acids is 3. The molecule has 0 spiro atoms. The number of urea groups is 1. The van der Waals surface area contributed by atoms with Crippen molar-refractivity contribution in [1.29, 1.82) is 5.26 Å². The second kappa shape index (κ2) is 7.79. The standard InChI is InChI=1S/C18H21N3O4/c1-3-4-9-18(2)16(23)21(17(24)20-18)11-15(22)25-12-14-7-5-13(10-19)6-8-14/h5-8H,3-4,9,11-12H2,1-2H3,(H,20,24)/t18-/m0/s1. The number of hydrogen-bond acceptors (Lipinski definition) is 5. The molecule has 0 unspecified atom stereocenters. The molecule has 1 atom stereocenters. The smallest absolute Gasteiger partial charge is 0.326 e. The van der Waals surface area contributed by atoms with E-state index < -0.39 is 30.0 Å². The molecule has 25 heavy (non-hydrogen) atoms. The summed E-state index contributed by atoms with van der Waals surface area (Å²) in [5.41, 5.74) is 0.277. The van der Waals surface area contributed by atoms with Crippen LogP contribution < -0.4 is 5.32 Å². The Labute approximate surface area is 146 Å². The Morgan fingerprint density at radius 2 is 2.00 bits per heavy atom. The molecule has 7 nitrogen and oxygen atoms in total. The molecular weight excluding hydrogens is 322 g/mol. The van der Waals surface area contributed by atoms with E-state index in [1.807, 2.05) is 13.0 Å². The van der Waals surface area contributed by atoms with E-state index in [4.69, 9.17) is 10.00 Å². The van der Waals surface area contributed by atoms with Crippen LogP contribution in [-0.2, 0) is 20.9 Å². The van der Waals surface area contributed by atoms with Gasteiger partial charge < -0.3 is 10.1 Å². The number of nitrogens with one attached hydrogen (secondary N) is 1. The molecule has 1 saturated heterocycles. The van der Waals surface area contributed by atoms with Gasteiger partial charge in [-0.1, -0.05) is 31.9 Å². The third-order valence-electron chi connectivity index (χ3n) is 4.15. The van der Waals surface area contributed by atoms with Crippen molar-refractivity contribution >= 4 is 17.9 Å². The molecule has 3 amide bonds. The normalized spacial score (nSPS) is 19.5. The summed E-state index contributed by atoms with van der Waals surface area (Å²) in [5.74, 6) is -1.06.